The van der Waals surface area contributed by atoms with Crippen LogP contribution in [0, 0.1) is 5.92 Å². The van der Waals surface area contributed by atoms with E-state index >= 15 is 0 Å². The van der Waals surface area contributed by atoms with E-state index in [1.54, 1.807) is 19.2 Å². The number of methoxy groups -OCH3 is 1. The molecule has 5 nitrogen and oxygen atoms in total. The molecule has 0 aliphatic heterocycles. The molecule has 0 radical (unpaired) electrons. The van der Waals surface area contributed by atoms with Crippen LogP contribution in [0.1, 0.15) is 22.8 Å². The first kappa shape index (κ1) is 17.8. The fourth-order valence-electron chi connectivity index (χ4n) is 2.19. The van der Waals surface area contributed by atoms with Crippen LogP contribution in [0.15, 0.2) is 48.5 Å². The molecular formula is C19H24N2O3. The third-order valence-electron chi connectivity index (χ3n) is 3.66. The minimum Gasteiger partial charge on any atom is -0.493 e. The molecule has 128 valence electrons. The number of carbonyl (C=O) groups excluding carboxylic acids is 1. The fraction of sp³-hybridized carbons (Fsp3) is 0.316. The van der Waals surface area contributed by atoms with Crippen LogP contribution in [-0.4, -0.2) is 26.2 Å². The predicted octanol–water partition coefficient (Wildman–Crippen LogP) is 2.60. The molecule has 0 fully saturated rings. The summed E-state index contributed by atoms with van der Waals surface area (Å²) in [6, 6.07) is 14.8. The standard InChI is InChI=1S/C19H24N2O3/c1-14(13-24-18-6-4-3-5-17(18)23-2)12-21-19(22)16-9-7-15(11-20)8-10-16/h3-10,14H,11-13,20H2,1-2H3,(H,21,22). The number of nitrogens with two attached hydrogens (primary N) is 1. The van der Waals surface area contributed by atoms with Crippen LogP contribution in [-0.2, 0) is 6.54 Å². The number of benzene rings is 2. The molecule has 1 amide bonds. The second-order valence-corrected chi connectivity index (χ2v) is 5.68. The van der Waals surface area contributed by atoms with Gasteiger partial charge in [0.05, 0.1) is 13.7 Å². The summed E-state index contributed by atoms with van der Waals surface area (Å²) in [5.41, 5.74) is 7.19. The van der Waals surface area contributed by atoms with E-state index in [-0.39, 0.29) is 11.8 Å². The van der Waals surface area contributed by atoms with Crippen molar-refractivity contribution in [2.45, 2.75) is 13.5 Å². The molecule has 1 atom stereocenters. The Morgan fingerprint density at radius 3 is 2.42 bits per heavy atom. The van der Waals surface area contributed by atoms with Crippen molar-refractivity contribution in [3.8, 4) is 11.5 Å². The van der Waals surface area contributed by atoms with Gasteiger partial charge in [0.15, 0.2) is 11.5 Å². The van der Waals surface area contributed by atoms with E-state index < -0.39 is 0 Å². The lowest BCUT2D eigenvalue weighted by atomic mass is 10.1. The molecule has 0 bridgehead atoms. The molecular weight excluding hydrogens is 304 g/mol. The molecule has 0 aromatic heterocycles. The number of nitrogens with one attached hydrogen (secondary N) is 1. The molecule has 0 aliphatic rings. The highest BCUT2D eigenvalue weighted by Gasteiger charge is 2.10. The van der Waals surface area contributed by atoms with Crippen molar-refractivity contribution in [2.24, 2.45) is 11.7 Å². The van der Waals surface area contributed by atoms with Crippen LogP contribution in [0.5, 0.6) is 11.5 Å². The van der Waals surface area contributed by atoms with Gasteiger partial charge in [0, 0.05) is 24.6 Å². The highest BCUT2D eigenvalue weighted by Crippen LogP contribution is 2.26. The van der Waals surface area contributed by atoms with Crippen LogP contribution in [0.2, 0.25) is 0 Å². The number of rotatable bonds is 8. The number of ether oxygens (including phenoxy) is 2. The number of amides is 1. The number of carbonyl (C=O) groups is 1. The maximum atomic E-state index is 12.1. The summed E-state index contributed by atoms with van der Waals surface area (Å²) in [7, 11) is 1.61. The topological polar surface area (TPSA) is 73.6 Å². The lowest BCUT2D eigenvalue weighted by Gasteiger charge is -2.15. The van der Waals surface area contributed by atoms with Gasteiger partial charge in [-0.2, -0.15) is 0 Å². The van der Waals surface area contributed by atoms with E-state index in [2.05, 4.69) is 5.32 Å². The Bertz CT molecular complexity index is 656. The van der Waals surface area contributed by atoms with Crippen molar-refractivity contribution in [3.63, 3.8) is 0 Å². The predicted molar refractivity (Wildman–Crippen MR) is 94.3 cm³/mol. The van der Waals surface area contributed by atoms with Gasteiger partial charge in [-0.3, -0.25) is 4.79 Å². The quantitative estimate of drug-likeness (QED) is 0.781. The van der Waals surface area contributed by atoms with Crippen molar-refractivity contribution < 1.29 is 14.3 Å². The van der Waals surface area contributed by atoms with Crippen molar-refractivity contribution in [3.05, 3.63) is 59.7 Å². The highest BCUT2D eigenvalue weighted by molar-refractivity contribution is 5.94. The molecule has 0 aliphatic carbocycles. The molecule has 2 aromatic rings. The zero-order valence-electron chi connectivity index (χ0n) is 14.1. The second kappa shape index (κ2) is 8.93. The van der Waals surface area contributed by atoms with Gasteiger partial charge in [0.1, 0.15) is 0 Å². The van der Waals surface area contributed by atoms with Crippen molar-refractivity contribution in [1.29, 1.82) is 0 Å². The van der Waals surface area contributed by atoms with Gasteiger partial charge < -0.3 is 20.5 Å². The SMILES string of the molecule is COc1ccccc1OCC(C)CNC(=O)c1ccc(CN)cc1. The zero-order valence-corrected chi connectivity index (χ0v) is 14.1. The smallest absolute Gasteiger partial charge is 0.251 e. The van der Waals surface area contributed by atoms with Gasteiger partial charge in [-0.15, -0.1) is 0 Å². The van der Waals surface area contributed by atoms with Gasteiger partial charge in [-0.25, -0.2) is 0 Å². The van der Waals surface area contributed by atoms with Crippen LogP contribution in [0.3, 0.4) is 0 Å². The minimum absolute atomic E-state index is 0.0947. The molecule has 24 heavy (non-hydrogen) atoms. The number of para-hydroxylation sites is 2. The number of hydrogen-bond donors (Lipinski definition) is 2. The summed E-state index contributed by atoms with van der Waals surface area (Å²) in [4.78, 5) is 12.1. The fourth-order valence-corrected chi connectivity index (χ4v) is 2.19. The van der Waals surface area contributed by atoms with E-state index in [4.69, 9.17) is 15.2 Å². The average molecular weight is 328 g/mol. The van der Waals surface area contributed by atoms with E-state index in [9.17, 15) is 4.79 Å². The molecule has 0 spiro atoms. The lowest BCUT2D eigenvalue weighted by molar-refractivity contribution is 0.0943. The van der Waals surface area contributed by atoms with Crippen molar-refractivity contribution >= 4 is 5.91 Å². The first-order chi connectivity index (χ1) is 11.6. The summed E-state index contributed by atoms with van der Waals surface area (Å²) in [6.07, 6.45) is 0. The van der Waals surface area contributed by atoms with Gasteiger partial charge >= 0.3 is 0 Å². The molecule has 2 rings (SSSR count). The Morgan fingerprint density at radius 1 is 1.12 bits per heavy atom. The maximum absolute atomic E-state index is 12.1. The van der Waals surface area contributed by atoms with Gasteiger partial charge in [0.25, 0.3) is 5.91 Å². The van der Waals surface area contributed by atoms with E-state index in [1.807, 2.05) is 43.3 Å². The van der Waals surface area contributed by atoms with Crippen molar-refractivity contribution in [1.82, 2.24) is 5.32 Å². The first-order valence-corrected chi connectivity index (χ1v) is 7.97. The van der Waals surface area contributed by atoms with E-state index in [0.717, 1.165) is 5.56 Å². The van der Waals surface area contributed by atoms with Crippen molar-refractivity contribution in [2.75, 3.05) is 20.3 Å². The highest BCUT2D eigenvalue weighted by atomic mass is 16.5. The third-order valence-corrected chi connectivity index (χ3v) is 3.66. The van der Waals surface area contributed by atoms with Gasteiger partial charge in [-0.05, 0) is 29.8 Å². The summed E-state index contributed by atoms with van der Waals surface area (Å²) in [5.74, 6) is 1.48. The summed E-state index contributed by atoms with van der Waals surface area (Å²) < 4.78 is 11.0. The molecule has 1 unspecified atom stereocenters. The third kappa shape index (κ3) is 4.99. The van der Waals surface area contributed by atoms with E-state index in [1.165, 1.54) is 0 Å². The monoisotopic (exact) mass is 328 g/mol. The molecule has 3 N–H and O–H groups in total. The Labute approximate surface area is 142 Å². The molecule has 5 heteroatoms. The summed E-state index contributed by atoms with van der Waals surface area (Å²) in [5, 5.41) is 2.92. The van der Waals surface area contributed by atoms with Crippen LogP contribution in [0.4, 0.5) is 0 Å². The van der Waals surface area contributed by atoms with Gasteiger partial charge in [0.2, 0.25) is 0 Å². The molecule has 0 heterocycles. The maximum Gasteiger partial charge on any atom is 0.251 e. The molecule has 0 saturated heterocycles. The van der Waals surface area contributed by atoms with Gasteiger partial charge in [-0.1, -0.05) is 31.2 Å². The average Bonchev–Trinajstić information content (AvgIpc) is 2.64. The molecule has 2 aromatic carbocycles. The Kier molecular flexibility index (Phi) is 6.63. The minimum atomic E-state index is -0.0947. The summed E-state index contributed by atoms with van der Waals surface area (Å²) >= 11 is 0. The second-order valence-electron chi connectivity index (χ2n) is 5.68. The lowest BCUT2D eigenvalue weighted by Crippen LogP contribution is -2.30. The largest absolute Gasteiger partial charge is 0.493 e. The zero-order chi connectivity index (χ0) is 17.4. The number of hydrogen-bond acceptors (Lipinski definition) is 4. The van der Waals surface area contributed by atoms with E-state index in [0.29, 0.717) is 36.8 Å². The van der Waals surface area contributed by atoms with Crippen LogP contribution < -0.4 is 20.5 Å². The molecule has 0 saturated carbocycles. The van der Waals surface area contributed by atoms with Crippen LogP contribution >= 0.6 is 0 Å². The Balaban J connectivity index is 1.79. The van der Waals surface area contributed by atoms with Crippen LogP contribution in [0.25, 0.3) is 0 Å². The first-order valence-electron chi connectivity index (χ1n) is 7.97. The normalized spacial score (nSPS) is 11.6. The Hall–Kier alpha value is -2.53. The summed E-state index contributed by atoms with van der Waals surface area (Å²) in [6.45, 7) is 3.52. The Morgan fingerprint density at radius 2 is 1.79 bits per heavy atom.